The molecule has 0 spiro atoms. The third kappa shape index (κ3) is 1.80. The number of aromatic nitrogens is 1. The average Bonchev–Trinajstić information content (AvgIpc) is 3.01. The van der Waals surface area contributed by atoms with E-state index in [-0.39, 0.29) is 17.2 Å². The summed E-state index contributed by atoms with van der Waals surface area (Å²) in [6.45, 7) is 0. The number of carbonyl (C=O) groups excluding carboxylic acids is 1. The molecule has 0 fully saturated rings. The van der Waals surface area contributed by atoms with E-state index in [2.05, 4.69) is 41.8 Å². The number of nitrogens with zero attached hydrogens (tertiary/aromatic N) is 1. The van der Waals surface area contributed by atoms with Crippen LogP contribution in [0.2, 0.25) is 0 Å². The van der Waals surface area contributed by atoms with Gasteiger partial charge in [0.05, 0.1) is 16.8 Å². The van der Waals surface area contributed by atoms with E-state index in [1.807, 2.05) is 18.2 Å². The smallest absolute Gasteiger partial charge is 0.215 e. The minimum absolute atomic E-state index is 0.0346. The summed E-state index contributed by atoms with van der Waals surface area (Å²) >= 11 is 6.83. The molecular weight excluding hydrogens is 412 g/mol. The quantitative estimate of drug-likeness (QED) is 0.599. The Balaban J connectivity index is 1.97. The molecule has 1 aliphatic rings. The van der Waals surface area contributed by atoms with Crippen molar-refractivity contribution in [2.45, 2.75) is 0 Å². The number of carbonyl (C=O) groups is 1. The first-order chi connectivity index (χ1) is 10.6. The Morgan fingerprint density at radius 3 is 2.50 bits per heavy atom. The molecule has 1 aromatic heterocycles. The van der Waals surface area contributed by atoms with E-state index in [1.54, 1.807) is 18.2 Å². The van der Waals surface area contributed by atoms with E-state index < -0.39 is 0 Å². The van der Waals surface area contributed by atoms with Gasteiger partial charge in [0.2, 0.25) is 5.78 Å². The number of para-hydroxylation sites is 2. The van der Waals surface area contributed by atoms with Crippen molar-refractivity contribution in [3.63, 3.8) is 0 Å². The zero-order chi connectivity index (χ0) is 15.4. The van der Waals surface area contributed by atoms with Crippen LogP contribution in [0.3, 0.4) is 0 Å². The van der Waals surface area contributed by atoms with E-state index >= 15 is 0 Å². The first-order valence-electron chi connectivity index (χ1n) is 6.49. The normalized spacial score (nSPS) is 13.5. The minimum Gasteiger partial charge on any atom is -0.505 e. The highest BCUT2D eigenvalue weighted by molar-refractivity contribution is 9.11. The van der Waals surface area contributed by atoms with E-state index in [9.17, 15) is 9.90 Å². The Morgan fingerprint density at radius 2 is 1.77 bits per heavy atom. The Bertz CT molecular complexity index is 989. The maximum atomic E-state index is 12.6. The summed E-state index contributed by atoms with van der Waals surface area (Å²) in [5, 5.41) is 11.1. The number of rotatable bonds is 1. The van der Waals surface area contributed by atoms with Gasteiger partial charge >= 0.3 is 0 Å². The number of nitrogens with one attached hydrogen (secondary N) is 1. The molecule has 2 N–H and O–H groups in total. The molecule has 0 unspecified atom stereocenters. The van der Waals surface area contributed by atoms with Crippen molar-refractivity contribution in [1.29, 1.82) is 0 Å². The summed E-state index contributed by atoms with van der Waals surface area (Å²) in [4.78, 5) is 20.1. The van der Waals surface area contributed by atoms with Crippen LogP contribution in [-0.2, 0) is 0 Å². The fourth-order valence-electron chi connectivity index (χ4n) is 2.61. The Kier molecular flexibility index (Phi) is 2.99. The molecule has 108 valence electrons. The Hall–Kier alpha value is -1.92. The standard InChI is InChI=1S/C16H8Br2N2O2/c17-9-5-1-3-7-11(9)19-13(15(7)21)14-16(22)8-4-2-6-10(18)12(8)20-14/h1-6,19,21H. The zero-order valence-corrected chi connectivity index (χ0v) is 14.2. The van der Waals surface area contributed by atoms with Crippen molar-refractivity contribution < 1.29 is 9.90 Å². The van der Waals surface area contributed by atoms with E-state index in [1.165, 1.54) is 0 Å². The number of ketones is 1. The van der Waals surface area contributed by atoms with Crippen LogP contribution in [0, 0.1) is 0 Å². The second-order valence-corrected chi connectivity index (χ2v) is 6.65. The molecule has 0 amide bonds. The van der Waals surface area contributed by atoms with Gasteiger partial charge in [-0.2, -0.15) is 0 Å². The number of halogens is 2. The molecule has 22 heavy (non-hydrogen) atoms. The SMILES string of the molecule is O=C1C(c2[nH]c3c(Br)cccc3c2O)=Nc2c(Br)cccc21. The van der Waals surface area contributed by atoms with Gasteiger partial charge in [0.1, 0.15) is 11.4 Å². The molecule has 4 nitrogen and oxygen atoms in total. The van der Waals surface area contributed by atoms with E-state index in [0.29, 0.717) is 22.3 Å². The maximum Gasteiger partial charge on any atom is 0.215 e. The van der Waals surface area contributed by atoms with Crippen LogP contribution in [0.15, 0.2) is 50.3 Å². The summed E-state index contributed by atoms with van der Waals surface area (Å²) < 4.78 is 1.57. The average molecular weight is 420 g/mol. The Morgan fingerprint density at radius 1 is 1.05 bits per heavy atom. The van der Waals surface area contributed by atoms with Gasteiger partial charge in [-0.25, -0.2) is 4.99 Å². The van der Waals surface area contributed by atoms with Gasteiger partial charge < -0.3 is 10.1 Å². The molecule has 2 aromatic carbocycles. The van der Waals surface area contributed by atoms with Gasteiger partial charge in [-0.1, -0.05) is 12.1 Å². The highest BCUT2D eigenvalue weighted by atomic mass is 79.9. The zero-order valence-electron chi connectivity index (χ0n) is 11.0. The monoisotopic (exact) mass is 418 g/mol. The highest BCUT2D eigenvalue weighted by Crippen LogP contribution is 2.39. The number of aromatic hydroxyl groups is 1. The van der Waals surface area contributed by atoms with Gasteiger partial charge in [-0.15, -0.1) is 0 Å². The second-order valence-electron chi connectivity index (χ2n) is 4.94. The van der Waals surface area contributed by atoms with Crippen molar-refractivity contribution in [2.75, 3.05) is 0 Å². The molecule has 2 heterocycles. The van der Waals surface area contributed by atoms with Crippen LogP contribution < -0.4 is 0 Å². The molecule has 0 saturated carbocycles. The van der Waals surface area contributed by atoms with Gasteiger partial charge in [0.25, 0.3) is 0 Å². The number of Topliss-reactive ketones (excluding diaryl/α,β-unsaturated/α-hetero) is 1. The number of aromatic amines is 1. The molecule has 0 radical (unpaired) electrons. The second kappa shape index (κ2) is 4.79. The lowest BCUT2D eigenvalue weighted by Crippen LogP contribution is -2.11. The van der Waals surface area contributed by atoms with E-state index in [4.69, 9.17) is 0 Å². The molecule has 0 aliphatic carbocycles. The first kappa shape index (κ1) is 13.7. The van der Waals surface area contributed by atoms with Crippen LogP contribution in [0.4, 0.5) is 5.69 Å². The highest BCUT2D eigenvalue weighted by Gasteiger charge is 2.30. The molecule has 0 atom stereocenters. The summed E-state index contributed by atoms with van der Waals surface area (Å²) in [7, 11) is 0. The lowest BCUT2D eigenvalue weighted by Gasteiger charge is -1.97. The molecular formula is C16H8Br2N2O2. The molecule has 0 saturated heterocycles. The van der Waals surface area contributed by atoms with Gasteiger partial charge in [0.15, 0.2) is 5.75 Å². The van der Waals surface area contributed by atoms with Crippen LogP contribution >= 0.6 is 31.9 Å². The van der Waals surface area contributed by atoms with Gasteiger partial charge in [-0.3, -0.25) is 4.79 Å². The van der Waals surface area contributed by atoms with E-state index in [0.717, 1.165) is 14.5 Å². The lowest BCUT2D eigenvalue weighted by atomic mass is 10.1. The summed E-state index contributed by atoms with van der Waals surface area (Å²) in [5.74, 6) is -0.165. The topological polar surface area (TPSA) is 65.5 Å². The number of fused-ring (bicyclic) bond motifs is 2. The summed E-state index contributed by atoms with van der Waals surface area (Å²) in [6, 6.07) is 10.8. The van der Waals surface area contributed by atoms with Crippen LogP contribution in [0.5, 0.6) is 5.75 Å². The molecule has 0 bridgehead atoms. The lowest BCUT2D eigenvalue weighted by molar-refractivity contribution is 0.106. The number of hydrogen-bond donors (Lipinski definition) is 2. The molecule has 4 rings (SSSR count). The van der Waals surface area contributed by atoms with Crippen LogP contribution in [0.25, 0.3) is 10.9 Å². The molecule has 3 aromatic rings. The summed E-state index contributed by atoms with van der Waals surface area (Å²) in [5.41, 5.74) is 2.43. The number of aliphatic imine (C=N–C) groups is 1. The fraction of sp³-hybridized carbons (Fsp3) is 0. The van der Waals surface area contributed by atoms with Crippen LogP contribution in [0.1, 0.15) is 16.1 Å². The molecule has 6 heteroatoms. The predicted molar refractivity (Wildman–Crippen MR) is 92.3 cm³/mol. The fourth-order valence-corrected chi connectivity index (χ4v) is 3.53. The van der Waals surface area contributed by atoms with Gasteiger partial charge in [0, 0.05) is 14.3 Å². The predicted octanol–water partition coefficient (Wildman–Crippen LogP) is 4.72. The van der Waals surface area contributed by atoms with Crippen LogP contribution in [-0.4, -0.2) is 21.6 Å². The number of hydrogen-bond acceptors (Lipinski definition) is 3. The largest absolute Gasteiger partial charge is 0.505 e. The van der Waals surface area contributed by atoms with Gasteiger partial charge in [-0.05, 0) is 56.1 Å². The minimum atomic E-state index is -0.200. The van der Waals surface area contributed by atoms with Crippen molar-refractivity contribution in [3.8, 4) is 5.75 Å². The third-order valence-electron chi connectivity index (χ3n) is 3.66. The van der Waals surface area contributed by atoms with Crippen molar-refractivity contribution >= 4 is 59.9 Å². The Labute approximate surface area is 142 Å². The maximum absolute atomic E-state index is 12.6. The van der Waals surface area contributed by atoms with Crippen molar-refractivity contribution in [3.05, 3.63) is 56.6 Å². The number of benzene rings is 2. The third-order valence-corrected chi connectivity index (χ3v) is 4.96. The van der Waals surface area contributed by atoms with Crippen molar-refractivity contribution in [1.82, 2.24) is 4.98 Å². The van der Waals surface area contributed by atoms with Crippen molar-refractivity contribution in [2.24, 2.45) is 4.99 Å². The number of H-pyrrole nitrogens is 1. The first-order valence-corrected chi connectivity index (χ1v) is 8.08. The summed E-state index contributed by atoms with van der Waals surface area (Å²) in [6.07, 6.45) is 0. The molecule has 1 aliphatic heterocycles.